The van der Waals surface area contributed by atoms with E-state index in [0.29, 0.717) is 12.1 Å². The summed E-state index contributed by atoms with van der Waals surface area (Å²) in [6.45, 7) is 4.27. The van der Waals surface area contributed by atoms with E-state index in [0.717, 1.165) is 5.69 Å². The van der Waals surface area contributed by atoms with E-state index in [1.807, 2.05) is 11.8 Å². The molecule has 100 valence electrons. The van der Waals surface area contributed by atoms with Crippen LogP contribution in [-0.4, -0.2) is 10.7 Å². The Morgan fingerprint density at radius 3 is 3.00 bits per heavy atom. The third-order valence-electron chi connectivity index (χ3n) is 3.42. The Kier molecular flexibility index (Phi) is 3.91. The van der Waals surface area contributed by atoms with Gasteiger partial charge in [-0.1, -0.05) is 18.2 Å². The molecule has 1 aliphatic rings. The Bertz CT molecular complexity index is 565. The lowest BCUT2D eigenvalue weighted by atomic mass is 10.0. The molecule has 2 unspecified atom stereocenters. The van der Waals surface area contributed by atoms with Crippen LogP contribution >= 0.6 is 23.1 Å². The topological polar surface area (TPSA) is 24.9 Å². The number of aromatic nitrogens is 1. The standard InChI is InChI=1S/C15H18N2S2/c1-10-9-19-15(16-10)11(2)17-13-7-8-18-14-6-4-3-5-12(13)14/h3-6,9,11,13,17H,7-8H2,1-2H3. The molecule has 1 aromatic heterocycles. The van der Waals surface area contributed by atoms with Gasteiger partial charge in [0.05, 0.1) is 6.04 Å². The van der Waals surface area contributed by atoms with Gasteiger partial charge in [0.25, 0.3) is 0 Å². The highest BCUT2D eigenvalue weighted by Crippen LogP contribution is 2.37. The highest BCUT2D eigenvalue weighted by Gasteiger charge is 2.22. The van der Waals surface area contributed by atoms with Gasteiger partial charge >= 0.3 is 0 Å². The molecule has 3 rings (SSSR count). The SMILES string of the molecule is Cc1csc(C(C)NC2CCSc3ccccc32)n1. The van der Waals surface area contributed by atoms with Crippen molar-refractivity contribution in [3.05, 3.63) is 45.9 Å². The fourth-order valence-electron chi connectivity index (χ4n) is 2.46. The molecule has 0 fully saturated rings. The predicted octanol–water partition coefficient (Wildman–Crippen LogP) is 4.34. The molecule has 0 spiro atoms. The van der Waals surface area contributed by atoms with Crippen LogP contribution in [0.4, 0.5) is 0 Å². The van der Waals surface area contributed by atoms with Gasteiger partial charge in [0, 0.05) is 22.0 Å². The summed E-state index contributed by atoms with van der Waals surface area (Å²) in [4.78, 5) is 6.01. The maximum absolute atomic E-state index is 4.58. The number of thiazole rings is 1. The van der Waals surface area contributed by atoms with Crippen molar-refractivity contribution in [2.24, 2.45) is 0 Å². The Labute approximate surface area is 122 Å². The van der Waals surface area contributed by atoms with Gasteiger partial charge in [-0.05, 0) is 37.7 Å². The minimum atomic E-state index is 0.319. The van der Waals surface area contributed by atoms with Gasteiger partial charge in [-0.25, -0.2) is 4.98 Å². The molecule has 1 N–H and O–H groups in total. The summed E-state index contributed by atoms with van der Waals surface area (Å²) >= 11 is 3.72. The fraction of sp³-hybridized carbons (Fsp3) is 0.400. The normalized spacial score (nSPS) is 20.0. The highest BCUT2D eigenvalue weighted by atomic mass is 32.2. The number of thioether (sulfide) groups is 1. The maximum Gasteiger partial charge on any atom is 0.110 e. The number of hydrogen-bond donors (Lipinski definition) is 1. The molecular weight excluding hydrogens is 272 g/mol. The Morgan fingerprint density at radius 1 is 1.37 bits per heavy atom. The molecule has 19 heavy (non-hydrogen) atoms. The van der Waals surface area contributed by atoms with Crippen molar-refractivity contribution < 1.29 is 0 Å². The molecule has 2 atom stereocenters. The van der Waals surface area contributed by atoms with Crippen molar-refractivity contribution in [1.82, 2.24) is 10.3 Å². The van der Waals surface area contributed by atoms with Gasteiger partial charge in [-0.2, -0.15) is 0 Å². The van der Waals surface area contributed by atoms with Crippen LogP contribution in [-0.2, 0) is 0 Å². The lowest BCUT2D eigenvalue weighted by Gasteiger charge is -2.28. The van der Waals surface area contributed by atoms with E-state index in [9.17, 15) is 0 Å². The van der Waals surface area contributed by atoms with Crippen LogP contribution < -0.4 is 5.32 Å². The maximum atomic E-state index is 4.58. The number of nitrogens with one attached hydrogen (secondary N) is 1. The fourth-order valence-corrected chi connectivity index (χ4v) is 4.40. The second-order valence-corrected chi connectivity index (χ2v) is 6.97. The number of benzene rings is 1. The van der Waals surface area contributed by atoms with Crippen LogP contribution in [0.5, 0.6) is 0 Å². The molecule has 1 aromatic carbocycles. The monoisotopic (exact) mass is 290 g/mol. The van der Waals surface area contributed by atoms with Crippen LogP contribution in [0.3, 0.4) is 0 Å². The second-order valence-electron chi connectivity index (χ2n) is 4.94. The molecule has 0 aliphatic carbocycles. The second kappa shape index (κ2) is 5.65. The molecule has 2 heterocycles. The van der Waals surface area contributed by atoms with Crippen molar-refractivity contribution in [3.8, 4) is 0 Å². The third-order valence-corrected chi connectivity index (χ3v) is 5.68. The molecule has 4 heteroatoms. The summed E-state index contributed by atoms with van der Waals surface area (Å²) in [5, 5.41) is 7.05. The Hall–Kier alpha value is -0.840. The summed E-state index contributed by atoms with van der Waals surface area (Å²) in [5.74, 6) is 1.19. The van der Waals surface area contributed by atoms with Crippen molar-refractivity contribution in [2.45, 2.75) is 37.2 Å². The zero-order chi connectivity index (χ0) is 13.2. The molecule has 0 saturated carbocycles. The molecule has 0 bridgehead atoms. The van der Waals surface area contributed by atoms with Crippen LogP contribution in [0.25, 0.3) is 0 Å². The molecule has 0 radical (unpaired) electrons. The average Bonchev–Trinajstić information content (AvgIpc) is 2.86. The number of fused-ring (bicyclic) bond motifs is 1. The van der Waals surface area contributed by atoms with Crippen LogP contribution in [0.1, 0.15) is 41.7 Å². The van der Waals surface area contributed by atoms with Gasteiger partial charge in [0.15, 0.2) is 0 Å². The van der Waals surface area contributed by atoms with Crippen LogP contribution in [0.2, 0.25) is 0 Å². The zero-order valence-corrected chi connectivity index (χ0v) is 12.9. The zero-order valence-electron chi connectivity index (χ0n) is 11.2. The van der Waals surface area contributed by atoms with Gasteiger partial charge in [0.1, 0.15) is 5.01 Å². The predicted molar refractivity (Wildman–Crippen MR) is 82.9 cm³/mol. The molecule has 2 aromatic rings. The number of nitrogens with zero attached hydrogens (tertiary/aromatic N) is 1. The van der Waals surface area contributed by atoms with E-state index in [2.05, 4.69) is 53.8 Å². The van der Waals surface area contributed by atoms with Gasteiger partial charge < -0.3 is 5.32 Å². The van der Waals surface area contributed by atoms with E-state index in [1.165, 1.54) is 27.6 Å². The summed E-state index contributed by atoms with van der Waals surface area (Å²) in [6, 6.07) is 9.52. The average molecular weight is 290 g/mol. The van der Waals surface area contributed by atoms with E-state index in [1.54, 1.807) is 11.3 Å². The number of rotatable bonds is 3. The first-order valence-corrected chi connectivity index (χ1v) is 8.50. The first kappa shape index (κ1) is 13.2. The first-order chi connectivity index (χ1) is 9.24. The smallest absolute Gasteiger partial charge is 0.110 e. The third kappa shape index (κ3) is 2.86. The summed E-state index contributed by atoms with van der Waals surface area (Å²) in [7, 11) is 0. The summed E-state index contributed by atoms with van der Waals surface area (Å²) in [6.07, 6.45) is 1.19. The molecule has 1 aliphatic heterocycles. The van der Waals surface area contributed by atoms with Crippen LogP contribution in [0.15, 0.2) is 34.5 Å². The minimum Gasteiger partial charge on any atom is -0.301 e. The molecule has 0 amide bonds. The summed E-state index contributed by atoms with van der Waals surface area (Å²) in [5.41, 5.74) is 2.56. The lowest BCUT2D eigenvalue weighted by Crippen LogP contribution is -2.27. The van der Waals surface area contributed by atoms with Crippen molar-refractivity contribution in [2.75, 3.05) is 5.75 Å². The molecule has 0 saturated heterocycles. The largest absolute Gasteiger partial charge is 0.301 e. The van der Waals surface area contributed by atoms with Gasteiger partial charge in [0.2, 0.25) is 0 Å². The summed E-state index contributed by atoms with van der Waals surface area (Å²) < 4.78 is 0. The van der Waals surface area contributed by atoms with Gasteiger partial charge in [-0.15, -0.1) is 23.1 Å². The van der Waals surface area contributed by atoms with Crippen molar-refractivity contribution in [1.29, 1.82) is 0 Å². The van der Waals surface area contributed by atoms with E-state index in [4.69, 9.17) is 0 Å². The Balaban J connectivity index is 1.77. The quantitative estimate of drug-likeness (QED) is 0.910. The van der Waals surface area contributed by atoms with Crippen LogP contribution in [0, 0.1) is 6.92 Å². The van der Waals surface area contributed by atoms with Crippen molar-refractivity contribution in [3.63, 3.8) is 0 Å². The van der Waals surface area contributed by atoms with Gasteiger partial charge in [-0.3, -0.25) is 0 Å². The molecular formula is C15H18N2S2. The van der Waals surface area contributed by atoms with E-state index in [-0.39, 0.29) is 0 Å². The van der Waals surface area contributed by atoms with Crippen molar-refractivity contribution >= 4 is 23.1 Å². The number of aryl methyl sites for hydroxylation is 1. The minimum absolute atomic E-state index is 0.319. The molecule has 2 nitrogen and oxygen atoms in total. The van der Waals surface area contributed by atoms with E-state index >= 15 is 0 Å². The highest BCUT2D eigenvalue weighted by molar-refractivity contribution is 7.99. The lowest BCUT2D eigenvalue weighted by molar-refractivity contribution is 0.449. The Morgan fingerprint density at radius 2 is 2.21 bits per heavy atom. The van der Waals surface area contributed by atoms with E-state index < -0.39 is 0 Å². The first-order valence-electron chi connectivity index (χ1n) is 6.64. The number of hydrogen-bond acceptors (Lipinski definition) is 4.